The van der Waals surface area contributed by atoms with Crippen LogP contribution >= 0.6 is 0 Å². The fourth-order valence-electron chi connectivity index (χ4n) is 1.38. The van der Waals surface area contributed by atoms with Gasteiger partial charge in [-0.25, -0.2) is 10.2 Å². The van der Waals surface area contributed by atoms with E-state index in [1.807, 2.05) is 5.43 Å². The number of ether oxygens (including phenoxy) is 1. The van der Waals surface area contributed by atoms with Crippen LogP contribution in [0.25, 0.3) is 0 Å². The first-order valence-electron chi connectivity index (χ1n) is 5.54. The van der Waals surface area contributed by atoms with Crippen LogP contribution in [0.1, 0.15) is 19.8 Å². The summed E-state index contributed by atoms with van der Waals surface area (Å²) in [7, 11) is 0. The summed E-state index contributed by atoms with van der Waals surface area (Å²) in [6, 6.07) is 3.12. The van der Waals surface area contributed by atoms with E-state index in [0.717, 1.165) is 12.1 Å². The van der Waals surface area contributed by atoms with Crippen molar-refractivity contribution in [3.8, 4) is 5.75 Å². The van der Waals surface area contributed by atoms with Crippen LogP contribution < -0.4 is 16.0 Å². The summed E-state index contributed by atoms with van der Waals surface area (Å²) in [5.41, 5.74) is 1.62. The summed E-state index contributed by atoms with van der Waals surface area (Å²) in [4.78, 5) is 20.7. The van der Waals surface area contributed by atoms with E-state index in [1.165, 1.54) is 6.07 Å². The lowest BCUT2D eigenvalue weighted by atomic mass is 10.2. The van der Waals surface area contributed by atoms with Crippen molar-refractivity contribution in [2.24, 2.45) is 5.84 Å². The highest BCUT2D eigenvalue weighted by Gasteiger charge is 2.14. The Morgan fingerprint density at radius 3 is 2.84 bits per heavy atom. The maximum atomic E-state index is 13.5. The topological polar surface area (TPSA) is 107 Å². The first-order valence-corrected chi connectivity index (χ1v) is 5.54. The van der Waals surface area contributed by atoms with Crippen LogP contribution in [0.3, 0.4) is 0 Å². The number of nitrogens with two attached hydrogens (primary N) is 1. The number of benzene rings is 1. The molecule has 1 amide bonds. The number of rotatable bonds is 6. The lowest BCUT2D eigenvalue weighted by Gasteiger charge is -2.14. The molecule has 1 aromatic rings. The van der Waals surface area contributed by atoms with Gasteiger partial charge in [0.25, 0.3) is 5.69 Å². The van der Waals surface area contributed by atoms with Gasteiger partial charge in [-0.15, -0.1) is 0 Å². The third-order valence-corrected chi connectivity index (χ3v) is 2.39. The molecule has 0 aliphatic rings. The van der Waals surface area contributed by atoms with Gasteiger partial charge in [0, 0.05) is 12.5 Å². The molecule has 0 fully saturated rings. The summed E-state index contributed by atoms with van der Waals surface area (Å²) in [5.74, 6) is 3.66. The zero-order chi connectivity index (χ0) is 14.4. The van der Waals surface area contributed by atoms with E-state index >= 15 is 0 Å². The molecule has 19 heavy (non-hydrogen) atoms. The van der Waals surface area contributed by atoms with E-state index in [2.05, 4.69) is 0 Å². The highest BCUT2D eigenvalue weighted by molar-refractivity contribution is 5.75. The molecule has 7 nitrogen and oxygen atoms in total. The van der Waals surface area contributed by atoms with E-state index in [1.54, 1.807) is 6.92 Å². The van der Waals surface area contributed by atoms with Gasteiger partial charge in [0.05, 0.1) is 17.1 Å². The zero-order valence-corrected chi connectivity index (χ0v) is 10.3. The molecule has 1 rings (SSSR count). The number of hydrogen-bond donors (Lipinski definition) is 2. The summed E-state index contributed by atoms with van der Waals surface area (Å²) in [6.45, 7) is 1.66. The van der Waals surface area contributed by atoms with E-state index in [-0.39, 0.29) is 23.8 Å². The normalized spacial score (nSPS) is 11.7. The Labute approximate surface area is 108 Å². The minimum absolute atomic E-state index is 0.0914. The molecule has 0 saturated heterocycles. The van der Waals surface area contributed by atoms with Gasteiger partial charge < -0.3 is 4.74 Å². The van der Waals surface area contributed by atoms with Crippen molar-refractivity contribution in [1.82, 2.24) is 5.43 Å². The second-order valence-electron chi connectivity index (χ2n) is 3.91. The number of non-ortho nitro benzene ring substituents is 1. The van der Waals surface area contributed by atoms with Gasteiger partial charge in [0.1, 0.15) is 0 Å². The number of nitrogens with zero attached hydrogens (tertiary/aromatic N) is 1. The number of amides is 1. The zero-order valence-electron chi connectivity index (χ0n) is 10.3. The first-order chi connectivity index (χ1) is 8.93. The monoisotopic (exact) mass is 271 g/mol. The van der Waals surface area contributed by atoms with Gasteiger partial charge in [-0.1, -0.05) is 0 Å². The van der Waals surface area contributed by atoms with Crippen molar-refractivity contribution < 1.29 is 18.8 Å². The summed E-state index contributed by atoms with van der Waals surface area (Å²) >= 11 is 0. The van der Waals surface area contributed by atoms with Gasteiger partial charge in [-0.05, 0) is 19.4 Å². The standard InChI is InChI=1S/C11H14FN3O4/c1-7(2-5-11(16)14-13)19-10-4-3-8(15(17)18)6-9(10)12/h3-4,6-7H,2,5,13H2,1H3,(H,14,16). The van der Waals surface area contributed by atoms with Crippen LogP contribution in [0.5, 0.6) is 5.75 Å². The molecule has 1 atom stereocenters. The number of nitro benzene ring substituents is 1. The molecule has 1 unspecified atom stereocenters. The quantitative estimate of drug-likeness (QED) is 0.350. The van der Waals surface area contributed by atoms with Gasteiger partial charge in [-0.2, -0.15) is 0 Å². The Bertz CT molecular complexity index is 481. The summed E-state index contributed by atoms with van der Waals surface area (Å²) in [6.07, 6.45) is 0.0689. The molecule has 0 saturated carbocycles. The molecule has 0 heterocycles. The fourth-order valence-corrected chi connectivity index (χ4v) is 1.38. The second-order valence-corrected chi connectivity index (χ2v) is 3.91. The summed E-state index contributed by atoms with van der Waals surface area (Å²) < 4.78 is 18.8. The Kier molecular flexibility index (Phi) is 5.19. The molecule has 0 radical (unpaired) electrons. The molecule has 8 heteroatoms. The van der Waals surface area contributed by atoms with Crippen molar-refractivity contribution in [3.63, 3.8) is 0 Å². The van der Waals surface area contributed by atoms with Crippen molar-refractivity contribution >= 4 is 11.6 Å². The summed E-state index contributed by atoms with van der Waals surface area (Å²) in [5, 5.41) is 10.4. The number of nitro groups is 1. The predicted octanol–water partition coefficient (Wildman–Crippen LogP) is 1.27. The highest BCUT2D eigenvalue weighted by atomic mass is 19.1. The van der Waals surface area contributed by atoms with Gasteiger partial charge in [0.2, 0.25) is 5.91 Å². The molecule has 1 aromatic carbocycles. The Balaban J connectivity index is 2.62. The van der Waals surface area contributed by atoms with Gasteiger partial charge >= 0.3 is 0 Å². The Morgan fingerprint density at radius 2 is 2.32 bits per heavy atom. The maximum Gasteiger partial charge on any atom is 0.272 e. The largest absolute Gasteiger partial charge is 0.488 e. The molecule has 0 spiro atoms. The Morgan fingerprint density at radius 1 is 1.63 bits per heavy atom. The van der Waals surface area contributed by atoms with E-state index in [4.69, 9.17) is 10.6 Å². The molecule has 0 aromatic heterocycles. The molecule has 0 aliphatic carbocycles. The lowest BCUT2D eigenvalue weighted by molar-refractivity contribution is -0.385. The van der Waals surface area contributed by atoms with Crippen LogP contribution in [0.2, 0.25) is 0 Å². The van der Waals surface area contributed by atoms with Crippen LogP contribution in [0.15, 0.2) is 18.2 Å². The minimum atomic E-state index is -0.815. The molecule has 3 N–H and O–H groups in total. The lowest BCUT2D eigenvalue weighted by Crippen LogP contribution is -2.30. The van der Waals surface area contributed by atoms with E-state index in [0.29, 0.717) is 6.42 Å². The fraction of sp³-hybridized carbons (Fsp3) is 0.364. The molecule has 104 valence electrons. The molecule has 0 aliphatic heterocycles. The van der Waals surface area contributed by atoms with Crippen molar-refractivity contribution in [2.75, 3.05) is 0 Å². The first kappa shape index (κ1) is 14.8. The van der Waals surface area contributed by atoms with Crippen LogP contribution in [-0.4, -0.2) is 16.9 Å². The minimum Gasteiger partial charge on any atom is -0.488 e. The average molecular weight is 271 g/mol. The number of nitrogens with one attached hydrogen (secondary N) is 1. The van der Waals surface area contributed by atoms with Gasteiger partial charge in [-0.3, -0.25) is 20.3 Å². The van der Waals surface area contributed by atoms with Gasteiger partial charge in [0.15, 0.2) is 11.6 Å². The number of carbonyl (C=O) groups excluding carboxylic acids is 1. The number of hydrazine groups is 1. The molecule has 0 bridgehead atoms. The van der Waals surface area contributed by atoms with E-state index < -0.39 is 16.8 Å². The predicted molar refractivity (Wildman–Crippen MR) is 64.7 cm³/mol. The SMILES string of the molecule is CC(CCC(=O)NN)Oc1ccc([N+](=O)[O-])cc1F. The number of halogens is 1. The van der Waals surface area contributed by atoms with Crippen molar-refractivity contribution in [2.45, 2.75) is 25.9 Å². The van der Waals surface area contributed by atoms with Crippen LogP contribution in [0.4, 0.5) is 10.1 Å². The number of carbonyl (C=O) groups is 1. The average Bonchev–Trinajstić information content (AvgIpc) is 2.38. The van der Waals surface area contributed by atoms with Crippen molar-refractivity contribution in [3.05, 3.63) is 34.1 Å². The molecular weight excluding hydrogens is 257 g/mol. The van der Waals surface area contributed by atoms with E-state index in [9.17, 15) is 19.3 Å². The second kappa shape index (κ2) is 6.64. The van der Waals surface area contributed by atoms with Crippen molar-refractivity contribution in [1.29, 1.82) is 0 Å². The maximum absolute atomic E-state index is 13.5. The third kappa shape index (κ3) is 4.51. The highest BCUT2D eigenvalue weighted by Crippen LogP contribution is 2.24. The smallest absolute Gasteiger partial charge is 0.272 e. The Hall–Kier alpha value is -2.22. The molecular formula is C11H14FN3O4. The van der Waals surface area contributed by atoms with Crippen LogP contribution in [-0.2, 0) is 4.79 Å². The van der Waals surface area contributed by atoms with Crippen LogP contribution in [0, 0.1) is 15.9 Å². The number of hydrogen-bond acceptors (Lipinski definition) is 5. The third-order valence-electron chi connectivity index (χ3n) is 2.39.